The molecule has 0 spiro atoms. The van der Waals surface area contributed by atoms with E-state index in [-0.39, 0.29) is 6.04 Å². The maximum atomic E-state index is 9.67. The van der Waals surface area contributed by atoms with Crippen molar-refractivity contribution in [2.45, 2.75) is 32.7 Å². The zero-order valence-electron chi connectivity index (χ0n) is 12.3. The molecule has 0 aliphatic heterocycles. The van der Waals surface area contributed by atoms with Crippen LogP contribution >= 0.6 is 0 Å². The highest BCUT2D eigenvalue weighted by atomic mass is 16.3. The van der Waals surface area contributed by atoms with Gasteiger partial charge >= 0.3 is 0 Å². The number of phenolic OH excluding ortho intramolecular Hbond substituents is 1. The quantitative estimate of drug-likeness (QED) is 0.817. The fourth-order valence-corrected chi connectivity index (χ4v) is 2.46. The predicted molar refractivity (Wildman–Crippen MR) is 85.2 cm³/mol. The van der Waals surface area contributed by atoms with Crippen LogP contribution in [0.1, 0.15) is 38.3 Å². The zero-order chi connectivity index (χ0) is 14.4. The molecule has 0 radical (unpaired) electrons. The van der Waals surface area contributed by atoms with Crippen LogP contribution in [-0.4, -0.2) is 11.7 Å². The van der Waals surface area contributed by atoms with E-state index < -0.39 is 0 Å². The van der Waals surface area contributed by atoms with Crippen LogP contribution in [0.2, 0.25) is 0 Å². The molecule has 106 valence electrons. The highest BCUT2D eigenvalue weighted by Crippen LogP contribution is 2.28. The summed E-state index contributed by atoms with van der Waals surface area (Å²) in [5.74, 6) is 0.331. The van der Waals surface area contributed by atoms with Gasteiger partial charge in [-0.15, -0.1) is 0 Å². The molecule has 0 aliphatic rings. The molecule has 2 nitrogen and oxygen atoms in total. The number of aromatic hydroxyl groups is 1. The van der Waals surface area contributed by atoms with Crippen molar-refractivity contribution in [2.24, 2.45) is 0 Å². The normalized spacial score (nSPS) is 12.1. The number of rotatable bonds is 6. The first-order valence-electron chi connectivity index (χ1n) is 7.33. The zero-order valence-corrected chi connectivity index (χ0v) is 12.3. The third kappa shape index (κ3) is 3.53. The number of benzene rings is 2. The number of phenols is 1. The molecule has 2 aromatic rings. The van der Waals surface area contributed by atoms with E-state index in [2.05, 4.69) is 49.1 Å². The van der Waals surface area contributed by atoms with Crippen molar-refractivity contribution in [1.29, 1.82) is 0 Å². The minimum atomic E-state index is 0.246. The minimum absolute atomic E-state index is 0.246. The molecule has 2 aromatic carbocycles. The molecule has 0 aromatic heterocycles. The van der Waals surface area contributed by atoms with E-state index in [9.17, 15) is 5.11 Å². The Bertz CT molecular complexity index is 524. The average molecular weight is 269 g/mol. The third-order valence-electron chi connectivity index (χ3n) is 3.66. The molecular formula is C18H23NO. The fourth-order valence-electron chi connectivity index (χ4n) is 2.46. The largest absolute Gasteiger partial charge is 0.508 e. The lowest BCUT2D eigenvalue weighted by atomic mass is 10.0. The van der Waals surface area contributed by atoms with E-state index in [1.54, 1.807) is 6.07 Å². The smallest absolute Gasteiger partial charge is 0.115 e. The average Bonchev–Trinajstić information content (AvgIpc) is 2.48. The van der Waals surface area contributed by atoms with E-state index in [1.165, 1.54) is 12.1 Å². The summed E-state index contributed by atoms with van der Waals surface area (Å²) in [4.78, 5) is 2.40. The number of para-hydroxylation sites is 1. The lowest BCUT2D eigenvalue weighted by molar-refractivity contribution is 0.473. The molecule has 0 amide bonds. The van der Waals surface area contributed by atoms with Crippen molar-refractivity contribution in [3.63, 3.8) is 0 Å². The SMILES string of the molecule is CCCCN(c1ccccc1)C(C)c1cccc(O)c1. The summed E-state index contributed by atoms with van der Waals surface area (Å²) in [7, 11) is 0. The van der Waals surface area contributed by atoms with Crippen LogP contribution in [0.3, 0.4) is 0 Å². The van der Waals surface area contributed by atoms with Crippen LogP contribution in [0.15, 0.2) is 54.6 Å². The second-order valence-electron chi connectivity index (χ2n) is 5.15. The Hall–Kier alpha value is -1.96. The number of anilines is 1. The second-order valence-corrected chi connectivity index (χ2v) is 5.15. The molecule has 1 atom stereocenters. The Labute approximate surface area is 121 Å². The van der Waals surface area contributed by atoms with Crippen LogP contribution in [0.4, 0.5) is 5.69 Å². The van der Waals surface area contributed by atoms with Crippen LogP contribution in [0.5, 0.6) is 5.75 Å². The molecule has 2 rings (SSSR count). The summed E-state index contributed by atoms with van der Waals surface area (Å²) >= 11 is 0. The van der Waals surface area contributed by atoms with E-state index in [1.807, 2.05) is 18.2 Å². The first-order chi connectivity index (χ1) is 9.72. The van der Waals surface area contributed by atoms with Gasteiger partial charge < -0.3 is 10.0 Å². The van der Waals surface area contributed by atoms with Gasteiger partial charge in [0.2, 0.25) is 0 Å². The molecule has 2 heteroatoms. The van der Waals surface area contributed by atoms with E-state index in [0.717, 1.165) is 18.5 Å². The number of hydrogen-bond acceptors (Lipinski definition) is 2. The highest BCUT2D eigenvalue weighted by Gasteiger charge is 2.16. The van der Waals surface area contributed by atoms with Crippen molar-refractivity contribution in [3.05, 3.63) is 60.2 Å². The molecule has 0 bridgehead atoms. The molecule has 0 saturated heterocycles. The summed E-state index contributed by atoms with van der Waals surface area (Å²) in [5.41, 5.74) is 2.38. The van der Waals surface area contributed by atoms with E-state index >= 15 is 0 Å². The standard InChI is InChI=1S/C18H23NO/c1-3-4-13-19(17-10-6-5-7-11-17)15(2)16-9-8-12-18(20)14-16/h5-12,14-15,20H,3-4,13H2,1-2H3. The Kier molecular flexibility index (Phi) is 5.05. The van der Waals surface area contributed by atoms with Gasteiger partial charge in [-0.25, -0.2) is 0 Å². The summed E-state index contributed by atoms with van der Waals surface area (Å²) in [6, 6.07) is 18.3. The van der Waals surface area contributed by atoms with Crippen molar-refractivity contribution in [3.8, 4) is 5.75 Å². The summed E-state index contributed by atoms with van der Waals surface area (Å²) in [5, 5.41) is 9.67. The fraction of sp³-hybridized carbons (Fsp3) is 0.333. The lowest BCUT2D eigenvalue weighted by Crippen LogP contribution is -2.27. The molecule has 0 aliphatic carbocycles. The van der Waals surface area contributed by atoms with Crippen LogP contribution in [0.25, 0.3) is 0 Å². The minimum Gasteiger partial charge on any atom is -0.508 e. The van der Waals surface area contributed by atoms with Crippen molar-refractivity contribution < 1.29 is 5.11 Å². The predicted octanol–water partition coefficient (Wildman–Crippen LogP) is 4.76. The van der Waals surface area contributed by atoms with Crippen LogP contribution in [0, 0.1) is 0 Å². The van der Waals surface area contributed by atoms with Gasteiger partial charge in [-0.05, 0) is 43.2 Å². The van der Waals surface area contributed by atoms with Gasteiger partial charge in [-0.1, -0.05) is 43.7 Å². The molecule has 0 saturated carbocycles. The van der Waals surface area contributed by atoms with Gasteiger partial charge in [0.25, 0.3) is 0 Å². The van der Waals surface area contributed by atoms with E-state index in [0.29, 0.717) is 5.75 Å². The maximum Gasteiger partial charge on any atom is 0.115 e. The van der Waals surface area contributed by atoms with Crippen molar-refractivity contribution in [2.75, 3.05) is 11.4 Å². The summed E-state index contributed by atoms with van der Waals surface area (Å²) in [6.07, 6.45) is 2.34. The monoisotopic (exact) mass is 269 g/mol. The Morgan fingerprint density at radius 3 is 2.45 bits per heavy atom. The molecule has 20 heavy (non-hydrogen) atoms. The van der Waals surface area contributed by atoms with Crippen LogP contribution in [-0.2, 0) is 0 Å². The van der Waals surface area contributed by atoms with E-state index in [4.69, 9.17) is 0 Å². The Morgan fingerprint density at radius 1 is 1.05 bits per heavy atom. The number of unbranched alkanes of at least 4 members (excludes halogenated alkanes) is 1. The molecule has 0 fully saturated rings. The topological polar surface area (TPSA) is 23.5 Å². The first-order valence-corrected chi connectivity index (χ1v) is 7.33. The van der Waals surface area contributed by atoms with Crippen molar-refractivity contribution >= 4 is 5.69 Å². The molecule has 1 N–H and O–H groups in total. The summed E-state index contributed by atoms with van der Waals surface area (Å²) < 4.78 is 0. The number of nitrogens with zero attached hydrogens (tertiary/aromatic N) is 1. The molecule has 0 heterocycles. The second kappa shape index (κ2) is 6.99. The van der Waals surface area contributed by atoms with Gasteiger partial charge in [0, 0.05) is 12.2 Å². The van der Waals surface area contributed by atoms with Crippen molar-refractivity contribution in [1.82, 2.24) is 0 Å². The lowest BCUT2D eigenvalue weighted by Gasteiger charge is -2.32. The summed E-state index contributed by atoms with van der Waals surface area (Å²) in [6.45, 7) is 5.43. The Morgan fingerprint density at radius 2 is 1.80 bits per heavy atom. The molecule has 1 unspecified atom stereocenters. The van der Waals surface area contributed by atoms with Gasteiger partial charge in [0.05, 0.1) is 6.04 Å². The van der Waals surface area contributed by atoms with Gasteiger partial charge in [-0.2, -0.15) is 0 Å². The number of hydrogen-bond donors (Lipinski definition) is 1. The van der Waals surface area contributed by atoms with Gasteiger partial charge in [0.1, 0.15) is 5.75 Å². The maximum absolute atomic E-state index is 9.67. The third-order valence-corrected chi connectivity index (χ3v) is 3.66. The van der Waals surface area contributed by atoms with Crippen LogP contribution < -0.4 is 4.90 Å². The first kappa shape index (κ1) is 14.4. The highest BCUT2D eigenvalue weighted by molar-refractivity contribution is 5.49. The molecular weight excluding hydrogens is 246 g/mol. The van der Waals surface area contributed by atoms with Gasteiger partial charge in [0.15, 0.2) is 0 Å². The van der Waals surface area contributed by atoms with Gasteiger partial charge in [-0.3, -0.25) is 0 Å². The Balaban J connectivity index is 2.26.